The average Bonchev–Trinajstić information content (AvgIpc) is 3.16. The van der Waals surface area contributed by atoms with Gasteiger partial charge in [0.2, 0.25) is 0 Å². The van der Waals surface area contributed by atoms with Crippen molar-refractivity contribution >= 4 is 6.29 Å². The molecule has 21 heavy (non-hydrogen) atoms. The molecule has 110 valence electrons. The maximum atomic E-state index is 13.0. The minimum absolute atomic E-state index is 0.193. The fraction of sp³-hybridized carbons (Fsp3) is 0.400. The highest BCUT2D eigenvalue weighted by Crippen LogP contribution is 2.28. The van der Waals surface area contributed by atoms with Crippen molar-refractivity contribution in [3.8, 4) is 5.75 Å². The summed E-state index contributed by atoms with van der Waals surface area (Å²) < 4.78 is 20.5. The van der Waals surface area contributed by atoms with Crippen LogP contribution in [0.1, 0.15) is 47.8 Å². The molecule has 0 atom stereocenters. The zero-order valence-corrected chi connectivity index (χ0v) is 11.5. The van der Waals surface area contributed by atoms with E-state index < -0.39 is 5.82 Å². The largest absolute Gasteiger partial charge is 0.486 e. The molecular weight excluding hydrogens is 273 g/mol. The quantitative estimate of drug-likeness (QED) is 0.794. The molecule has 0 spiro atoms. The number of halogens is 1. The zero-order valence-electron chi connectivity index (χ0n) is 11.5. The molecule has 0 saturated heterocycles. The molecule has 2 aromatic rings. The second kappa shape index (κ2) is 6.03. The van der Waals surface area contributed by atoms with Crippen LogP contribution >= 0.6 is 0 Å². The molecule has 1 aromatic carbocycles. The Morgan fingerprint density at radius 1 is 1.38 bits per heavy atom. The third kappa shape index (κ3) is 3.09. The monoisotopic (exact) mass is 289 g/mol. The smallest absolute Gasteiger partial charge is 0.153 e. The first kappa shape index (κ1) is 13.7. The van der Waals surface area contributed by atoms with Gasteiger partial charge in [0.1, 0.15) is 23.9 Å². The van der Waals surface area contributed by atoms with E-state index in [9.17, 15) is 9.18 Å². The van der Waals surface area contributed by atoms with Crippen LogP contribution < -0.4 is 4.74 Å². The Morgan fingerprint density at radius 2 is 2.19 bits per heavy atom. The number of carbonyl (C=O) groups excluding carboxylic acids is 1. The predicted molar refractivity (Wildman–Crippen MR) is 73.6 cm³/mol. The Bertz CT molecular complexity index is 636. The molecule has 6 heteroatoms. The first-order valence-electron chi connectivity index (χ1n) is 7.04. The lowest BCUT2D eigenvalue weighted by Gasteiger charge is -2.07. The van der Waals surface area contributed by atoms with Gasteiger partial charge in [-0.3, -0.25) is 4.79 Å². The Morgan fingerprint density at radius 3 is 2.95 bits per heavy atom. The van der Waals surface area contributed by atoms with Gasteiger partial charge in [0.15, 0.2) is 6.29 Å². The lowest BCUT2D eigenvalue weighted by Crippen LogP contribution is -2.05. The van der Waals surface area contributed by atoms with Crippen molar-refractivity contribution in [3.05, 3.63) is 41.5 Å². The van der Waals surface area contributed by atoms with E-state index in [1.807, 2.05) is 10.9 Å². The summed E-state index contributed by atoms with van der Waals surface area (Å²) in [5, 5.41) is 8.20. The van der Waals surface area contributed by atoms with E-state index in [1.165, 1.54) is 25.0 Å². The molecule has 0 radical (unpaired) electrons. The number of benzene rings is 1. The third-order valence-corrected chi connectivity index (χ3v) is 3.73. The van der Waals surface area contributed by atoms with Crippen molar-refractivity contribution in [2.45, 2.75) is 38.3 Å². The number of aromatic nitrogens is 3. The zero-order chi connectivity index (χ0) is 14.7. The van der Waals surface area contributed by atoms with Gasteiger partial charge in [-0.1, -0.05) is 18.1 Å². The minimum Gasteiger partial charge on any atom is -0.486 e. The Hall–Kier alpha value is -2.24. The van der Waals surface area contributed by atoms with Crippen molar-refractivity contribution in [2.24, 2.45) is 0 Å². The molecule has 0 amide bonds. The fourth-order valence-corrected chi connectivity index (χ4v) is 2.62. The van der Waals surface area contributed by atoms with E-state index >= 15 is 0 Å². The highest BCUT2D eigenvalue weighted by atomic mass is 19.1. The van der Waals surface area contributed by atoms with Gasteiger partial charge in [-0.15, -0.1) is 5.10 Å². The maximum Gasteiger partial charge on any atom is 0.153 e. The second-order valence-electron chi connectivity index (χ2n) is 5.22. The first-order chi connectivity index (χ1) is 10.3. The van der Waals surface area contributed by atoms with E-state index in [4.69, 9.17) is 4.74 Å². The number of hydrogen-bond donors (Lipinski definition) is 0. The van der Waals surface area contributed by atoms with E-state index in [1.54, 1.807) is 0 Å². The molecule has 5 nitrogen and oxygen atoms in total. The van der Waals surface area contributed by atoms with Crippen molar-refractivity contribution in [1.82, 2.24) is 15.0 Å². The van der Waals surface area contributed by atoms with Crippen LogP contribution in [0.4, 0.5) is 4.39 Å². The normalized spacial score (nSPS) is 15.3. The predicted octanol–water partition coefficient (Wildman–Crippen LogP) is 2.92. The summed E-state index contributed by atoms with van der Waals surface area (Å²) in [4.78, 5) is 10.9. The highest BCUT2D eigenvalue weighted by molar-refractivity contribution is 5.79. The topological polar surface area (TPSA) is 57.0 Å². The summed E-state index contributed by atoms with van der Waals surface area (Å²) in [5.41, 5.74) is 0.890. The molecule has 1 heterocycles. The molecule has 1 aliphatic rings. The average molecular weight is 289 g/mol. The highest BCUT2D eigenvalue weighted by Gasteiger charge is 2.18. The van der Waals surface area contributed by atoms with E-state index in [2.05, 4.69) is 10.3 Å². The van der Waals surface area contributed by atoms with Crippen molar-refractivity contribution in [2.75, 3.05) is 0 Å². The molecule has 1 saturated carbocycles. The molecule has 0 N–H and O–H groups in total. The molecule has 0 bridgehead atoms. The van der Waals surface area contributed by atoms with Crippen LogP contribution in [0.3, 0.4) is 0 Å². The third-order valence-electron chi connectivity index (χ3n) is 3.73. The SMILES string of the molecule is O=Cc1cc(F)ccc1OCc1cn(C2CCCC2)nn1. The van der Waals surface area contributed by atoms with Crippen LogP contribution in [-0.4, -0.2) is 21.3 Å². The van der Waals surface area contributed by atoms with E-state index in [0.29, 0.717) is 23.8 Å². The number of hydrogen-bond acceptors (Lipinski definition) is 4. The molecule has 1 aliphatic carbocycles. The minimum atomic E-state index is -0.461. The first-order valence-corrected chi connectivity index (χ1v) is 7.04. The van der Waals surface area contributed by atoms with Gasteiger partial charge < -0.3 is 4.74 Å². The van der Waals surface area contributed by atoms with Gasteiger partial charge in [-0.25, -0.2) is 9.07 Å². The van der Waals surface area contributed by atoms with E-state index in [0.717, 1.165) is 18.9 Å². The number of carbonyl (C=O) groups is 1. The van der Waals surface area contributed by atoms with Gasteiger partial charge in [0.05, 0.1) is 17.8 Å². The summed E-state index contributed by atoms with van der Waals surface area (Å²) in [5.74, 6) is -0.113. The van der Waals surface area contributed by atoms with Crippen LogP contribution in [0.2, 0.25) is 0 Å². The van der Waals surface area contributed by atoms with Crippen LogP contribution in [-0.2, 0) is 6.61 Å². The molecule has 0 unspecified atom stereocenters. The van der Waals surface area contributed by atoms with Gasteiger partial charge in [0, 0.05) is 0 Å². The summed E-state index contributed by atoms with van der Waals surface area (Å²) >= 11 is 0. The molecule has 0 aliphatic heterocycles. The van der Waals surface area contributed by atoms with Crippen LogP contribution in [0.5, 0.6) is 5.75 Å². The van der Waals surface area contributed by atoms with Crippen molar-refractivity contribution in [1.29, 1.82) is 0 Å². The maximum absolute atomic E-state index is 13.0. The number of nitrogens with zero attached hydrogens (tertiary/aromatic N) is 3. The Kier molecular flexibility index (Phi) is 3.94. The fourth-order valence-electron chi connectivity index (χ4n) is 2.62. The van der Waals surface area contributed by atoms with E-state index in [-0.39, 0.29) is 12.2 Å². The van der Waals surface area contributed by atoms with Gasteiger partial charge in [0.25, 0.3) is 0 Å². The summed E-state index contributed by atoms with van der Waals surface area (Å²) in [7, 11) is 0. The van der Waals surface area contributed by atoms with Crippen LogP contribution in [0.15, 0.2) is 24.4 Å². The number of rotatable bonds is 5. The number of ether oxygens (including phenoxy) is 1. The lowest BCUT2D eigenvalue weighted by atomic mass is 10.2. The second-order valence-corrected chi connectivity index (χ2v) is 5.22. The summed E-state index contributed by atoms with van der Waals surface area (Å²) in [6.45, 7) is 0.208. The van der Waals surface area contributed by atoms with Gasteiger partial charge >= 0.3 is 0 Å². The molecule has 1 aromatic heterocycles. The van der Waals surface area contributed by atoms with Crippen molar-refractivity contribution < 1.29 is 13.9 Å². The van der Waals surface area contributed by atoms with Crippen LogP contribution in [0, 0.1) is 5.82 Å². The molecule has 1 fully saturated rings. The number of aldehydes is 1. The van der Waals surface area contributed by atoms with Crippen molar-refractivity contribution in [3.63, 3.8) is 0 Å². The Balaban J connectivity index is 1.66. The standard InChI is InChI=1S/C15H16FN3O2/c16-12-5-6-15(11(7-12)9-20)21-10-13-8-19(18-17-13)14-3-1-2-4-14/h5-9,14H,1-4,10H2. The summed E-state index contributed by atoms with van der Waals surface area (Å²) in [6, 6.07) is 4.29. The van der Waals surface area contributed by atoms with Gasteiger partial charge in [-0.2, -0.15) is 0 Å². The Labute approximate surface area is 121 Å². The lowest BCUT2D eigenvalue weighted by molar-refractivity contribution is 0.111. The molecule has 3 rings (SSSR count). The van der Waals surface area contributed by atoms with Gasteiger partial charge in [-0.05, 0) is 31.0 Å². The molecular formula is C15H16FN3O2. The summed E-state index contributed by atoms with van der Waals surface area (Å²) in [6.07, 6.45) is 7.19. The van der Waals surface area contributed by atoms with Crippen LogP contribution in [0.25, 0.3) is 0 Å².